The Kier molecular flexibility index (Phi) is 6.92. The molecule has 1 saturated carbocycles. The van der Waals surface area contributed by atoms with E-state index in [-0.39, 0.29) is 30.3 Å². The fourth-order valence-electron chi connectivity index (χ4n) is 4.07. The van der Waals surface area contributed by atoms with E-state index in [9.17, 15) is 9.59 Å². The number of methoxy groups -OCH3 is 1. The lowest BCUT2D eigenvalue weighted by Gasteiger charge is -2.37. The van der Waals surface area contributed by atoms with Crippen molar-refractivity contribution in [3.8, 4) is 5.75 Å². The van der Waals surface area contributed by atoms with E-state index in [1.165, 1.54) is 4.88 Å². The van der Waals surface area contributed by atoms with Gasteiger partial charge >= 0.3 is 0 Å². The second-order valence-electron chi connectivity index (χ2n) is 8.26. The molecule has 0 unspecified atom stereocenters. The first kappa shape index (κ1) is 21.8. The summed E-state index contributed by atoms with van der Waals surface area (Å²) in [5, 5.41) is 2.08. The molecular formula is C24H30N2O4S. The highest BCUT2D eigenvalue weighted by Crippen LogP contribution is 2.35. The Morgan fingerprint density at radius 3 is 2.77 bits per heavy atom. The monoisotopic (exact) mass is 442 g/mol. The zero-order valence-electron chi connectivity index (χ0n) is 18.2. The molecule has 2 aliphatic rings. The van der Waals surface area contributed by atoms with E-state index in [0.29, 0.717) is 26.3 Å². The van der Waals surface area contributed by atoms with Gasteiger partial charge in [0.15, 0.2) is 0 Å². The average Bonchev–Trinajstić information content (AvgIpc) is 3.52. The number of benzene rings is 1. The van der Waals surface area contributed by atoms with Gasteiger partial charge in [-0.2, -0.15) is 0 Å². The van der Waals surface area contributed by atoms with Crippen molar-refractivity contribution in [2.75, 3.05) is 40.0 Å². The number of ether oxygens (including phenoxy) is 2. The number of hydrogen-bond acceptors (Lipinski definition) is 5. The first-order valence-electron chi connectivity index (χ1n) is 10.9. The summed E-state index contributed by atoms with van der Waals surface area (Å²) in [5.74, 6) is 0.962. The van der Waals surface area contributed by atoms with Gasteiger partial charge < -0.3 is 19.3 Å². The van der Waals surface area contributed by atoms with Gasteiger partial charge in [-0.05, 0) is 54.8 Å². The van der Waals surface area contributed by atoms with Gasteiger partial charge in [0, 0.05) is 31.0 Å². The summed E-state index contributed by atoms with van der Waals surface area (Å²) >= 11 is 1.74. The van der Waals surface area contributed by atoms with Crippen LogP contribution in [0.25, 0.3) is 0 Å². The molecule has 1 fully saturated rings. The molecule has 1 aromatic carbocycles. The van der Waals surface area contributed by atoms with Crippen molar-refractivity contribution in [2.45, 2.75) is 32.2 Å². The highest BCUT2D eigenvalue weighted by molar-refractivity contribution is 7.10. The van der Waals surface area contributed by atoms with Crippen molar-refractivity contribution in [1.82, 2.24) is 9.80 Å². The Bertz CT molecular complexity index is 924. The van der Waals surface area contributed by atoms with Gasteiger partial charge in [0.25, 0.3) is 0 Å². The Labute approximate surface area is 187 Å². The van der Waals surface area contributed by atoms with E-state index in [1.807, 2.05) is 36.1 Å². The standard InChI is InChI=1S/C24H30N2O4S/c1-17-5-3-4-6-21(17)30-16-20-19-10-14-31-22(19)9-11-26(20)23(27)15-25(12-13-29-2)24(28)18-7-8-18/h3-6,10,14,18,20H,7-9,11-13,15-16H2,1-2H3/t20-/m1/s1. The van der Waals surface area contributed by atoms with Crippen LogP contribution >= 0.6 is 11.3 Å². The lowest BCUT2D eigenvalue weighted by Crippen LogP contribution is -2.48. The number of aryl methyl sites for hydroxylation is 1. The smallest absolute Gasteiger partial charge is 0.242 e. The molecule has 0 spiro atoms. The summed E-state index contributed by atoms with van der Waals surface area (Å²) in [4.78, 5) is 31.0. The molecular weight excluding hydrogens is 412 g/mol. The minimum absolute atomic E-state index is 0.0275. The molecule has 7 heteroatoms. The zero-order chi connectivity index (χ0) is 21.8. The van der Waals surface area contributed by atoms with E-state index in [0.717, 1.165) is 36.1 Å². The minimum Gasteiger partial charge on any atom is -0.491 e. The Morgan fingerprint density at radius 2 is 2.03 bits per heavy atom. The number of nitrogens with zero attached hydrogens (tertiary/aromatic N) is 2. The molecule has 0 bridgehead atoms. The largest absolute Gasteiger partial charge is 0.491 e. The number of carbonyl (C=O) groups excluding carboxylic acids is 2. The summed E-state index contributed by atoms with van der Waals surface area (Å²) in [7, 11) is 1.61. The third-order valence-electron chi connectivity index (χ3n) is 6.04. The van der Waals surface area contributed by atoms with E-state index < -0.39 is 0 Å². The Balaban J connectivity index is 1.49. The van der Waals surface area contributed by atoms with Gasteiger partial charge in [-0.25, -0.2) is 0 Å². The van der Waals surface area contributed by atoms with E-state index >= 15 is 0 Å². The molecule has 2 aromatic rings. The first-order valence-corrected chi connectivity index (χ1v) is 11.8. The first-order chi connectivity index (χ1) is 15.1. The number of carbonyl (C=O) groups is 2. The minimum atomic E-state index is -0.151. The summed E-state index contributed by atoms with van der Waals surface area (Å²) in [6.45, 7) is 4.03. The number of amides is 2. The number of rotatable bonds is 9. The van der Waals surface area contributed by atoms with Crippen LogP contribution in [0.2, 0.25) is 0 Å². The van der Waals surface area contributed by atoms with E-state index in [1.54, 1.807) is 23.3 Å². The molecule has 6 nitrogen and oxygen atoms in total. The van der Waals surface area contributed by atoms with Gasteiger partial charge in [0.1, 0.15) is 12.4 Å². The van der Waals surface area contributed by atoms with Gasteiger partial charge in [-0.1, -0.05) is 18.2 Å². The normalized spacial score (nSPS) is 17.9. The molecule has 1 aliphatic carbocycles. The maximum absolute atomic E-state index is 13.4. The number of para-hydroxylation sites is 1. The van der Waals surface area contributed by atoms with Crippen LogP contribution in [0.5, 0.6) is 5.75 Å². The van der Waals surface area contributed by atoms with Crippen molar-refractivity contribution in [3.05, 3.63) is 51.7 Å². The van der Waals surface area contributed by atoms with Crippen LogP contribution in [0.3, 0.4) is 0 Å². The number of thiophene rings is 1. The van der Waals surface area contributed by atoms with Crippen LogP contribution in [0.15, 0.2) is 35.7 Å². The average molecular weight is 443 g/mol. The molecule has 0 radical (unpaired) electrons. The second kappa shape index (κ2) is 9.83. The summed E-state index contributed by atoms with van der Waals surface area (Å²) < 4.78 is 11.3. The molecule has 166 valence electrons. The van der Waals surface area contributed by atoms with Crippen molar-refractivity contribution in [3.63, 3.8) is 0 Å². The third-order valence-corrected chi connectivity index (χ3v) is 7.03. The number of fused-ring (bicyclic) bond motifs is 1. The maximum atomic E-state index is 13.4. The number of hydrogen-bond donors (Lipinski definition) is 0. The molecule has 0 saturated heterocycles. The molecule has 31 heavy (non-hydrogen) atoms. The lowest BCUT2D eigenvalue weighted by atomic mass is 10.00. The van der Waals surface area contributed by atoms with E-state index in [4.69, 9.17) is 9.47 Å². The Hall–Kier alpha value is -2.38. The second-order valence-corrected chi connectivity index (χ2v) is 9.26. The fourth-order valence-corrected chi connectivity index (χ4v) is 5.00. The molecule has 1 aromatic heterocycles. The molecule has 2 heterocycles. The predicted octanol–water partition coefficient (Wildman–Crippen LogP) is 3.45. The van der Waals surface area contributed by atoms with Gasteiger partial charge in [-0.3, -0.25) is 9.59 Å². The molecule has 0 N–H and O–H groups in total. The highest BCUT2D eigenvalue weighted by atomic mass is 32.1. The van der Waals surface area contributed by atoms with Crippen LogP contribution in [-0.4, -0.2) is 61.6 Å². The van der Waals surface area contributed by atoms with Crippen LogP contribution in [0, 0.1) is 12.8 Å². The summed E-state index contributed by atoms with van der Waals surface area (Å²) in [6.07, 6.45) is 2.69. The topological polar surface area (TPSA) is 59.1 Å². The predicted molar refractivity (Wildman–Crippen MR) is 120 cm³/mol. The van der Waals surface area contributed by atoms with Gasteiger partial charge in [-0.15, -0.1) is 11.3 Å². The van der Waals surface area contributed by atoms with Crippen LogP contribution < -0.4 is 4.74 Å². The molecule has 2 amide bonds. The summed E-state index contributed by atoms with van der Waals surface area (Å²) in [6, 6.07) is 9.87. The summed E-state index contributed by atoms with van der Waals surface area (Å²) in [5.41, 5.74) is 2.23. The molecule has 4 rings (SSSR count). The van der Waals surface area contributed by atoms with Crippen molar-refractivity contribution in [1.29, 1.82) is 0 Å². The van der Waals surface area contributed by atoms with Gasteiger partial charge in [0.05, 0.1) is 19.2 Å². The quantitative estimate of drug-likeness (QED) is 0.597. The van der Waals surface area contributed by atoms with Crippen molar-refractivity contribution >= 4 is 23.2 Å². The van der Waals surface area contributed by atoms with Crippen molar-refractivity contribution in [2.24, 2.45) is 5.92 Å². The third kappa shape index (κ3) is 5.10. The van der Waals surface area contributed by atoms with Crippen molar-refractivity contribution < 1.29 is 19.1 Å². The zero-order valence-corrected chi connectivity index (χ0v) is 19.0. The highest BCUT2D eigenvalue weighted by Gasteiger charge is 2.37. The van der Waals surface area contributed by atoms with E-state index in [2.05, 4.69) is 11.4 Å². The lowest BCUT2D eigenvalue weighted by molar-refractivity contribution is -0.143. The SMILES string of the molecule is COCCN(CC(=O)N1CCc2sccc2[C@H]1COc1ccccc1C)C(=O)C1CC1. The van der Waals surface area contributed by atoms with Crippen LogP contribution in [0.1, 0.15) is 34.9 Å². The molecule has 1 atom stereocenters. The molecule has 1 aliphatic heterocycles. The van der Waals surface area contributed by atoms with Crippen LogP contribution in [0.4, 0.5) is 0 Å². The Morgan fingerprint density at radius 1 is 1.23 bits per heavy atom. The van der Waals surface area contributed by atoms with Crippen LogP contribution in [-0.2, 0) is 20.7 Å². The maximum Gasteiger partial charge on any atom is 0.242 e. The van der Waals surface area contributed by atoms with Gasteiger partial charge in [0.2, 0.25) is 11.8 Å². The fraction of sp³-hybridized carbons (Fsp3) is 0.500.